The number of rotatable bonds is 2. The second-order valence-electron chi connectivity index (χ2n) is 5.97. The van der Waals surface area contributed by atoms with Crippen LogP contribution >= 0.6 is 0 Å². The Morgan fingerprint density at radius 3 is 2.71 bits per heavy atom. The summed E-state index contributed by atoms with van der Waals surface area (Å²) in [5.74, 6) is 2.36. The Labute approximate surface area is 103 Å². The molecule has 2 aliphatic carbocycles. The van der Waals surface area contributed by atoms with E-state index in [0.717, 1.165) is 17.4 Å². The van der Waals surface area contributed by atoms with E-state index >= 15 is 0 Å². The molecule has 17 heavy (non-hydrogen) atoms. The molecule has 0 aliphatic heterocycles. The maximum atomic E-state index is 10.4. The topological polar surface area (TPSA) is 36.0 Å². The average Bonchev–Trinajstić information content (AvgIpc) is 2.91. The molecule has 2 saturated carbocycles. The quantitative estimate of drug-likeness (QED) is 0.803. The van der Waals surface area contributed by atoms with Gasteiger partial charge in [0.2, 0.25) is 0 Å². The number of hydrogen-bond acceptors (Lipinski definition) is 1. The van der Waals surface area contributed by atoms with Crippen LogP contribution in [0.25, 0.3) is 0 Å². The van der Waals surface area contributed by atoms with E-state index in [1.807, 2.05) is 18.5 Å². The van der Waals surface area contributed by atoms with Crippen molar-refractivity contribution in [1.82, 2.24) is 4.98 Å². The number of hydrogen-bond donors (Lipinski definition) is 2. The summed E-state index contributed by atoms with van der Waals surface area (Å²) in [7, 11) is 0. The smallest absolute Gasteiger partial charge is 0.0832 e. The largest absolute Gasteiger partial charge is 0.388 e. The van der Waals surface area contributed by atoms with Crippen LogP contribution < -0.4 is 0 Å². The average molecular weight is 233 g/mol. The molecule has 2 heteroatoms. The highest BCUT2D eigenvalue weighted by molar-refractivity contribution is 5.13. The molecule has 2 nitrogen and oxygen atoms in total. The highest BCUT2D eigenvalue weighted by atomic mass is 16.3. The van der Waals surface area contributed by atoms with Crippen molar-refractivity contribution in [3.8, 4) is 0 Å². The van der Waals surface area contributed by atoms with Gasteiger partial charge in [-0.25, -0.2) is 0 Å². The van der Waals surface area contributed by atoms with Crippen LogP contribution in [0, 0.1) is 17.8 Å². The third-order valence-corrected chi connectivity index (χ3v) is 4.99. The first-order valence-electron chi connectivity index (χ1n) is 7.15. The fraction of sp³-hybridized carbons (Fsp3) is 0.733. The Bertz CT molecular complexity index is 346. The zero-order chi connectivity index (χ0) is 11.7. The summed E-state index contributed by atoms with van der Waals surface area (Å²) in [4.78, 5) is 3.05. The van der Waals surface area contributed by atoms with Crippen molar-refractivity contribution in [1.29, 1.82) is 0 Å². The van der Waals surface area contributed by atoms with Crippen LogP contribution in [0.1, 0.15) is 56.6 Å². The van der Waals surface area contributed by atoms with E-state index in [4.69, 9.17) is 0 Å². The van der Waals surface area contributed by atoms with Gasteiger partial charge < -0.3 is 10.1 Å². The normalized spacial score (nSPS) is 35.2. The van der Waals surface area contributed by atoms with Crippen LogP contribution in [0.3, 0.4) is 0 Å². The fourth-order valence-corrected chi connectivity index (χ4v) is 3.99. The Morgan fingerprint density at radius 2 is 1.94 bits per heavy atom. The molecule has 3 rings (SSSR count). The minimum absolute atomic E-state index is 0.246. The molecule has 0 spiro atoms. The molecular formula is C15H23NO. The standard InChI is InChI=1S/C15H23NO/c17-15(14-7-8-16-10-14)13-6-5-11-3-1-2-4-12(11)9-13/h7-8,10-13,15-17H,1-6,9H2. The highest BCUT2D eigenvalue weighted by Gasteiger charge is 2.35. The molecule has 1 aromatic rings. The predicted molar refractivity (Wildman–Crippen MR) is 68.5 cm³/mol. The molecule has 94 valence electrons. The van der Waals surface area contributed by atoms with Gasteiger partial charge in [-0.2, -0.15) is 0 Å². The van der Waals surface area contributed by atoms with E-state index < -0.39 is 0 Å². The lowest BCUT2D eigenvalue weighted by molar-refractivity contribution is 0.0350. The molecule has 0 aromatic carbocycles. The minimum Gasteiger partial charge on any atom is -0.388 e. The van der Waals surface area contributed by atoms with Crippen molar-refractivity contribution < 1.29 is 5.11 Å². The van der Waals surface area contributed by atoms with Crippen molar-refractivity contribution in [3.63, 3.8) is 0 Å². The van der Waals surface area contributed by atoms with Crippen molar-refractivity contribution in [2.45, 2.75) is 51.0 Å². The van der Waals surface area contributed by atoms with Gasteiger partial charge in [0.25, 0.3) is 0 Å². The number of fused-ring (bicyclic) bond motifs is 1. The number of nitrogens with one attached hydrogen (secondary N) is 1. The zero-order valence-electron chi connectivity index (χ0n) is 10.4. The number of aliphatic hydroxyl groups excluding tert-OH is 1. The zero-order valence-corrected chi connectivity index (χ0v) is 10.4. The van der Waals surface area contributed by atoms with Crippen LogP contribution in [0.2, 0.25) is 0 Å². The molecule has 1 heterocycles. The van der Waals surface area contributed by atoms with E-state index in [1.54, 1.807) is 0 Å². The number of aromatic nitrogens is 1. The summed E-state index contributed by atoms with van der Waals surface area (Å²) in [5.41, 5.74) is 1.07. The van der Waals surface area contributed by atoms with Crippen molar-refractivity contribution >= 4 is 0 Å². The number of H-pyrrole nitrogens is 1. The predicted octanol–water partition coefficient (Wildman–Crippen LogP) is 3.65. The summed E-state index contributed by atoms with van der Waals surface area (Å²) >= 11 is 0. The summed E-state index contributed by atoms with van der Waals surface area (Å²) in [5, 5.41) is 10.4. The molecule has 2 fully saturated rings. The van der Waals surface area contributed by atoms with Crippen LogP contribution in [0.15, 0.2) is 18.5 Å². The van der Waals surface area contributed by atoms with Gasteiger partial charge in [0, 0.05) is 12.4 Å². The molecule has 0 bridgehead atoms. The van der Waals surface area contributed by atoms with Gasteiger partial charge in [-0.1, -0.05) is 25.7 Å². The second-order valence-corrected chi connectivity index (χ2v) is 5.97. The van der Waals surface area contributed by atoms with E-state index in [0.29, 0.717) is 5.92 Å². The van der Waals surface area contributed by atoms with Gasteiger partial charge in [-0.3, -0.25) is 0 Å². The number of aromatic amines is 1. The first-order chi connectivity index (χ1) is 8.34. The van der Waals surface area contributed by atoms with Gasteiger partial charge in [0.05, 0.1) is 6.10 Å². The van der Waals surface area contributed by atoms with Crippen molar-refractivity contribution in [2.24, 2.45) is 17.8 Å². The van der Waals surface area contributed by atoms with E-state index in [-0.39, 0.29) is 6.10 Å². The Morgan fingerprint density at radius 1 is 1.12 bits per heavy atom. The summed E-state index contributed by atoms with van der Waals surface area (Å²) in [6, 6.07) is 2.01. The monoisotopic (exact) mass is 233 g/mol. The van der Waals surface area contributed by atoms with E-state index in [1.165, 1.54) is 44.9 Å². The third-order valence-electron chi connectivity index (χ3n) is 4.99. The maximum Gasteiger partial charge on any atom is 0.0832 e. The molecule has 1 aromatic heterocycles. The summed E-state index contributed by atoms with van der Waals surface area (Å²) in [6.45, 7) is 0. The molecule has 0 saturated heterocycles. The van der Waals surface area contributed by atoms with Crippen LogP contribution in [-0.2, 0) is 0 Å². The van der Waals surface area contributed by atoms with Crippen LogP contribution in [0.5, 0.6) is 0 Å². The third kappa shape index (κ3) is 2.28. The molecule has 0 radical (unpaired) electrons. The summed E-state index contributed by atoms with van der Waals surface area (Å²) in [6.07, 6.45) is 13.1. The Balaban J connectivity index is 1.65. The Hall–Kier alpha value is -0.760. The Kier molecular flexibility index (Phi) is 3.24. The molecule has 4 unspecified atom stereocenters. The lowest BCUT2D eigenvalue weighted by Crippen LogP contribution is -2.30. The maximum absolute atomic E-state index is 10.4. The van der Waals surface area contributed by atoms with Crippen molar-refractivity contribution in [2.75, 3.05) is 0 Å². The van der Waals surface area contributed by atoms with Gasteiger partial charge in [-0.15, -0.1) is 0 Å². The molecule has 4 atom stereocenters. The first kappa shape index (κ1) is 11.3. The fourth-order valence-electron chi connectivity index (χ4n) is 3.99. The van der Waals surface area contributed by atoms with Crippen molar-refractivity contribution in [3.05, 3.63) is 24.0 Å². The number of aliphatic hydroxyl groups is 1. The SMILES string of the molecule is OC(c1cc[nH]c1)C1CCC2CCCCC2C1. The highest BCUT2D eigenvalue weighted by Crippen LogP contribution is 2.45. The van der Waals surface area contributed by atoms with E-state index in [2.05, 4.69) is 4.98 Å². The van der Waals surface area contributed by atoms with Gasteiger partial charge in [0.1, 0.15) is 0 Å². The van der Waals surface area contributed by atoms with Crippen LogP contribution in [0.4, 0.5) is 0 Å². The molecule has 2 N–H and O–H groups in total. The van der Waals surface area contributed by atoms with E-state index in [9.17, 15) is 5.11 Å². The lowest BCUT2D eigenvalue weighted by Gasteiger charge is -2.40. The summed E-state index contributed by atoms with van der Waals surface area (Å²) < 4.78 is 0. The molecule has 2 aliphatic rings. The minimum atomic E-state index is -0.246. The first-order valence-corrected chi connectivity index (χ1v) is 7.15. The van der Waals surface area contributed by atoms with Gasteiger partial charge >= 0.3 is 0 Å². The van der Waals surface area contributed by atoms with Gasteiger partial charge in [0.15, 0.2) is 0 Å². The van der Waals surface area contributed by atoms with Crippen LogP contribution in [-0.4, -0.2) is 10.1 Å². The molecular weight excluding hydrogens is 210 g/mol. The van der Waals surface area contributed by atoms with Gasteiger partial charge in [-0.05, 0) is 48.6 Å². The molecule has 0 amide bonds. The second kappa shape index (κ2) is 4.85. The lowest BCUT2D eigenvalue weighted by atomic mass is 9.66.